The predicted molar refractivity (Wildman–Crippen MR) is 116 cm³/mol. The minimum absolute atomic E-state index is 0.206. The number of tetrazole rings is 1. The van der Waals surface area contributed by atoms with Crippen molar-refractivity contribution in [2.45, 2.75) is 39.6 Å². The molecular weight excluding hydrogens is 429 g/mol. The molecule has 0 aliphatic carbocycles. The molecule has 0 bridgehead atoms. The maximum atomic E-state index is 13.4. The van der Waals surface area contributed by atoms with Crippen LogP contribution in [0.5, 0.6) is 0 Å². The summed E-state index contributed by atoms with van der Waals surface area (Å²) in [5.41, 5.74) is 2.25. The van der Waals surface area contributed by atoms with Gasteiger partial charge in [0.2, 0.25) is 0 Å². The van der Waals surface area contributed by atoms with Crippen molar-refractivity contribution in [2.24, 2.45) is 7.05 Å². The Bertz CT molecular complexity index is 1160. The topological polar surface area (TPSA) is 107 Å². The first kappa shape index (κ1) is 22.6. The number of rotatable bonds is 7. The SMILES string of the molecule is CCN(Cc1nnn(C)n1)C(=O)c1cc(C(=O)NC(C)c2ccc(F)cc2)n2c1COCC2. The molecule has 0 saturated heterocycles. The molecular formula is C22H26FN7O3. The van der Waals surface area contributed by atoms with Gasteiger partial charge in [0.05, 0.1) is 44.1 Å². The smallest absolute Gasteiger partial charge is 0.268 e. The van der Waals surface area contributed by atoms with Crippen molar-refractivity contribution in [3.8, 4) is 0 Å². The lowest BCUT2D eigenvalue weighted by Gasteiger charge is -2.22. The fraction of sp³-hybridized carbons (Fsp3) is 0.409. The number of aromatic nitrogens is 5. The molecule has 0 saturated carbocycles. The van der Waals surface area contributed by atoms with Gasteiger partial charge in [-0.05, 0) is 42.8 Å². The Hall–Kier alpha value is -3.60. The van der Waals surface area contributed by atoms with Crippen LogP contribution >= 0.6 is 0 Å². The van der Waals surface area contributed by atoms with Gasteiger partial charge in [-0.1, -0.05) is 12.1 Å². The highest BCUT2D eigenvalue weighted by atomic mass is 19.1. The summed E-state index contributed by atoms with van der Waals surface area (Å²) in [7, 11) is 1.66. The lowest BCUT2D eigenvalue weighted by atomic mass is 10.1. The molecule has 0 radical (unpaired) electrons. The summed E-state index contributed by atoms with van der Waals surface area (Å²) in [6, 6.07) is 7.27. The van der Waals surface area contributed by atoms with Crippen LogP contribution in [0, 0.1) is 5.82 Å². The van der Waals surface area contributed by atoms with Gasteiger partial charge >= 0.3 is 0 Å². The maximum Gasteiger partial charge on any atom is 0.268 e. The lowest BCUT2D eigenvalue weighted by Crippen LogP contribution is -2.32. The van der Waals surface area contributed by atoms with Crippen molar-refractivity contribution in [3.05, 3.63) is 64.5 Å². The molecule has 1 unspecified atom stereocenters. The van der Waals surface area contributed by atoms with Crippen LogP contribution in [0.15, 0.2) is 30.3 Å². The lowest BCUT2D eigenvalue weighted by molar-refractivity contribution is 0.0697. The number of fused-ring (bicyclic) bond motifs is 1. The summed E-state index contributed by atoms with van der Waals surface area (Å²) in [5.74, 6) is -0.445. The number of halogens is 1. The molecule has 11 heteroatoms. The van der Waals surface area contributed by atoms with Gasteiger partial charge in [0, 0.05) is 13.1 Å². The Balaban J connectivity index is 1.58. The normalized spacial score (nSPS) is 13.9. The fourth-order valence-corrected chi connectivity index (χ4v) is 3.86. The highest BCUT2D eigenvalue weighted by molar-refractivity contribution is 6.00. The second kappa shape index (κ2) is 9.49. The molecule has 0 spiro atoms. The number of hydrogen-bond acceptors (Lipinski definition) is 6. The van der Waals surface area contributed by atoms with E-state index in [1.54, 1.807) is 30.1 Å². The standard InChI is InChI=1S/C22H26FN7O3/c1-4-29(12-20-25-27-28(3)26-20)22(32)17-11-18(30-9-10-33-13-19(17)30)21(31)24-14(2)15-5-7-16(23)8-6-15/h5-8,11,14H,4,9-10,12-13H2,1-3H3,(H,24,31). The van der Waals surface area contributed by atoms with Gasteiger partial charge in [-0.3, -0.25) is 9.59 Å². The Morgan fingerprint density at radius 1 is 1.30 bits per heavy atom. The molecule has 10 nitrogen and oxygen atoms in total. The summed E-state index contributed by atoms with van der Waals surface area (Å²) < 4.78 is 20.6. The molecule has 2 amide bonds. The number of amides is 2. The summed E-state index contributed by atoms with van der Waals surface area (Å²) in [6.45, 7) is 5.49. The highest BCUT2D eigenvalue weighted by Gasteiger charge is 2.29. The maximum absolute atomic E-state index is 13.4. The number of aryl methyl sites for hydroxylation is 1. The molecule has 1 atom stereocenters. The molecule has 174 valence electrons. The zero-order valence-corrected chi connectivity index (χ0v) is 18.8. The first-order valence-corrected chi connectivity index (χ1v) is 10.8. The van der Waals surface area contributed by atoms with Crippen molar-refractivity contribution in [2.75, 3.05) is 13.2 Å². The zero-order valence-electron chi connectivity index (χ0n) is 18.8. The first-order valence-electron chi connectivity index (χ1n) is 10.8. The Morgan fingerprint density at radius 3 is 2.73 bits per heavy atom. The Labute approximate surface area is 190 Å². The van der Waals surface area contributed by atoms with E-state index in [9.17, 15) is 14.0 Å². The number of hydrogen-bond donors (Lipinski definition) is 1. The van der Waals surface area contributed by atoms with Crippen LogP contribution in [-0.4, -0.2) is 54.6 Å². The molecule has 3 heterocycles. The van der Waals surface area contributed by atoms with Crippen LogP contribution in [-0.2, 0) is 31.5 Å². The van der Waals surface area contributed by atoms with E-state index < -0.39 is 0 Å². The molecule has 1 N–H and O–H groups in total. The van der Waals surface area contributed by atoms with Crippen LogP contribution in [0.3, 0.4) is 0 Å². The number of ether oxygens (including phenoxy) is 1. The summed E-state index contributed by atoms with van der Waals surface area (Å²) in [5, 5.41) is 14.9. The number of nitrogens with one attached hydrogen (secondary N) is 1. The van der Waals surface area contributed by atoms with Crippen molar-refractivity contribution in [1.82, 2.24) is 35.0 Å². The van der Waals surface area contributed by atoms with E-state index in [2.05, 4.69) is 20.7 Å². The Kier molecular flexibility index (Phi) is 6.50. The summed E-state index contributed by atoms with van der Waals surface area (Å²) in [6.07, 6.45) is 0. The van der Waals surface area contributed by atoms with E-state index in [1.165, 1.54) is 16.9 Å². The molecule has 4 rings (SSSR count). The van der Waals surface area contributed by atoms with Gasteiger partial charge in [-0.15, -0.1) is 10.2 Å². The van der Waals surface area contributed by atoms with Gasteiger partial charge in [0.25, 0.3) is 11.8 Å². The zero-order chi connectivity index (χ0) is 23.5. The minimum Gasteiger partial charge on any atom is -0.373 e. The van der Waals surface area contributed by atoms with Crippen molar-refractivity contribution in [3.63, 3.8) is 0 Å². The largest absolute Gasteiger partial charge is 0.373 e. The van der Waals surface area contributed by atoms with Crippen LogP contribution < -0.4 is 5.32 Å². The Morgan fingerprint density at radius 2 is 2.06 bits per heavy atom. The van der Waals surface area contributed by atoms with Crippen LogP contribution in [0.1, 0.15) is 57.8 Å². The van der Waals surface area contributed by atoms with Crippen molar-refractivity contribution >= 4 is 11.8 Å². The number of benzene rings is 1. The second-order valence-corrected chi connectivity index (χ2v) is 7.86. The van der Waals surface area contributed by atoms with E-state index in [0.29, 0.717) is 42.5 Å². The van der Waals surface area contributed by atoms with Crippen LogP contribution in [0.2, 0.25) is 0 Å². The predicted octanol–water partition coefficient (Wildman–Crippen LogP) is 1.83. The third-order valence-corrected chi connectivity index (χ3v) is 5.64. The van der Waals surface area contributed by atoms with Gasteiger partial charge in [0.15, 0.2) is 5.82 Å². The summed E-state index contributed by atoms with van der Waals surface area (Å²) in [4.78, 5) is 29.5. The van der Waals surface area contributed by atoms with E-state index in [1.807, 2.05) is 18.4 Å². The average molecular weight is 455 g/mol. The molecule has 1 aliphatic heterocycles. The third kappa shape index (κ3) is 4.77. The number of carbonyl (C=O) groups is 2. The third-order valence-electron chi connectivity index (χ3n) is 5.64. The molecule has 1 aromatic carbocycles. The minimum atomic E-state index is -0.335. The molecule has 0 fully saturated rings. The van der Waals surface area contributed by atoms with E-state index in [-0.39, 0.29) is 36.8 Å². The fourth-order valence-electron chi connectivity index (χ4n) is 3.86. The van der Waals surface area contributed by atoms with Gasteiger partial charge in [-0.25, -0.2) is 4.39 Å². The number of carbonyl (C=O) groups excluding carboxylic acids is 2. The quantitative estimate of drug-likeness (QED) is 0.583. The average Bonchev–Trinajstić information content (AvgIpc) is 3.40. The van der Waals surface area contributed by atoms with Crippen molar-refractivity contribution in [1.29, 1.82) is 0 Å². The van der Waals surface area contributed by atoms with Gasteiger partial charge in [0.1, 0.15) is 11.5 Å². The summed E-state index contributed by atoms with van der Waals surface area (Å²) >= 11 is 0. The molecule has 33 heavy (non-hydrogen) atoms. The first-order chi connectivity index (χ1) is 15.9. The number of nitrogens with zero attached hydrogens (tertiary/aromatic N) is 6. The van der Waals surface area contributed by atoms with Crippen LogP contribution in [0.4, 0.5) is 4.39 Å². The van der Waals surface area contributed by atoms with E-state index in [4.69, 9.17) is 4.74 Å². The van der Waals surface area contributed by atoms with Crippen molar-refractivity contribution < 1.29 is 18.7 Å². The monoisotopic (exact) mass is 455 g/mol. The highest BCUT2D eigenvalue weighted by Crippen LogP contribution is 2.24. The van der Waals surface area contributed by atoms with Gasteiger partial charge < -0.3 is 19.5 Å². The molecule has 1 aliphatic rings. The van der Waals surface area contributed by atoms with E-state index >= 15 is 0 Å². The van der Waals surface area contributed by atoms with E-state index in [0.717, 1.165) is 5.56 Å². The molecule has 3 aromatic rings. The second-order valence-electron chi connectivity index (χ2n) is 7.86. The van der Waals surface area contributed by atoms with Gasteiger partial charge in [-0.2, -0.15) is 4.80 Å². The molecule has 2 aromatic heterocycles. The van der Waals surface area contributed by atoms with Crippen LogP contribution in [0.25, 0.3) is 0 Å².